The fraction of sp³-hybridized carbons (Fsp3) is 0.650. The van der Waals surface area contributed by atoms with Crippen LogP contribution in [0.5, 0.6) is 11.5 Å². The Hall–Kier alpha value is -1.95. The lowest BCUT2D eigenvalue weighted by atomic mass is 9.78. The average Bonchev–Trinajstić information content (AvgIpc) is 3.17. The quantitative estimate of drug-likeness (QED) is 0.444. The first-order valence-electron chi connectivity index (χ1n) is 9.61. The van der Waals surface area contributed by atoms with Crippen LogP contribution >= 0.6 is 0 Å². The summed E-state index contributed by atoms with van der Waals surface area (Å²) in [4.78, 5) is 4.35. The average molecular weight is 361 g/mol. The maximum absolute atomic E-state index is 5.80. The van der Waals surface area contributed by atoms with Crippen molar-refractivity contribution in [3.8, 4) is 11.5 Å². The lowest BCUT2D eigenvalue weighted by molar-refractivity contribution is 0.171. The monoisotopic (exact) mass is 361 g/mol. The molecule has 1 aliphatic heterocycles. The minimum atomic E-state index is 0.125. The van der Waals surface area contributed by atoms with Gasteiger partial charge in [-0.25, -0.2) is 0 Å². The van der Waals surface area contributed by atoms with Crippen LogP contribution in [-0.4, -0.2) is 53.0 Å². The van der Waals surface area contributed by atoms with Crippen LogP contribution in [0.4, 0.5) is 0 Å². The molecule has 0 aromatic heterocycles. The van der Waals surface area contributed by atoms with E-state index in [0.29, 0.717) is 13.2 Å². The number of rotatable bonds is 7. The van der Waals surface area contributed by atoms with Gasteiger partial charge in [0.15, 0.2) is 17.5 Å². The van der Waals surface area contributed by atoms with Gasteiger partial charge in [-0.05, 0) is 37.0 Å². The molecule has 0 amide bonds. The molecule has 0 radical (unpaired) electrons. The molecule has 1 aliphatic carbocycles. The predicted molar refractivity (Wildman–Crippen MR) is 103 cm³/mol. The van der Waals surface area contributed by atoms with E-state index in [2.05, 4.69) is 33.8 Å². The summed E-state index contributed by atoms with van der Waals surface area (Å²) in [6.45, 7) is 3.73. The summed E-state index contributed by atoms with van der Waals surface area (Å²) in [5, 5.41) is 6.89. The zero-order valence-electron chi connectivity index (χ0n) is 16.0. The lowest BCUT2D eigenvalue weighted by Gasteiger charge is -2.32. The topological polar surface area (TPSA) is 64.1 Å². The third kappa shape index (κ3) is 4.41. The van der Waals surface area contributed by atoms with E-state index in [9.17, 15) is 0 Å². The van der Waals surface area contributed by atoms with Crippen molar-refractivity contribution in [1.82, 2.24) is 10.6 Å². The van der Waals surface area contributed by atoms with Gasteiger partial charge in [0.25, 0.3) is 0 Å². The van der Waals surface area contributed by atoms with Gasteiger partial charge >= 0.3 is 0 Å². The zero-order valence-corrected chi connectivity index (χ0v) is 16.0. The van der Waals surface area contributed by atoms with Gasteiger partial charge in [-0.3, -0.25) is 4.99 Å². The standard InChI is InChI=1S/C20H31N3O3/c1-21-19(22-10-5-11-24-2)23-15-20(8-3-4-9-20)16-6-7-17-18(14-16)26-13-12-25-17/h6-7,14H,3-5,8-13,15H2,1-2H3,(H2,21,22,23). The van der Waals surface area contributed by atoms with Crippen molar-refractivity contribution in [3.63, 3.8) is 0 Å². The molecule has 6 nitrogen and oxygen atoms in total. The number of aliphatic imine (C=N–C) groups is 1. The molecule has 26 heavy (non-hydrogen) atoms. The van der Waals surface area contributed by atoms with Gasteiger partial charge in [0, 0.05) is 39.3 Å². The molecular formula is C20H31N3O3. The Morgan fingerprint density at radius 2 is 1.92 bits per heavy atom. The van der Waals surface area contributed by atoms with Crippen LogP contribution in [0.1, 0.15) is 37.7 Å². The maximum atomic E-state index is 5.80. The fourth-order valence-corrected chi connectivity index (χ4v) is 3.89. The molecule has 2 aliphatic rings. The Kier molecular flexibility index (Phi) is 6.61. The SMILES string of the molecule is CN=C(NCCCOC)NCC1(c2ccc3c(c2)OCCO3)CCCC1. The van der Waals surface area contributed by atoms with Gasteiger partial charge in [-0.1, -0.05) is 18.9 Å². The maximum Gasteiger partial charge on any atom is 0.191 e. The van der Waals surface area contributed by atoms with E-state index in [1.165, 1.54) is 31.2 Å². The van der Waals surface area contributed by atoms with Gasteiger partial charge in [0.2, 0.25) is 0 Å². The number of nitrogens with zero attached hydrogens (tertiary/aromatic N) is 1. The normalized spacial score (nSPS) is 18.6. The van der Waals surface area contributed by atoms with E-state index >= 15 is 0 Å². The molecule has 0 atom stereocenters. The number of fused-ring (bicyclic) bond motifs is 1. The summed E-state index contributed by atoms with van der Waals surface area (Å²) < 4.78 is 16.6. The molecule has 0 unspecified atom stereocenters. The van der Waals surface area contributed by atoms with Gasteiger partial charge in [0.1, 0.15) is 13.2 Å². The summed E-state index contributed by atoms with van der Waals surface area (Å²) in [7, 11) is 3.54. The van der Waals surface area contributed by atoms with Crippen LogP contribution in [0, 0.1) is 0 Å². The molecule has 1 fully saturated rings. The van der Waals surface area contributed by atoms with Crippen LogP contribution in [0.15, 0.2) is 23.2 Å². The first kappa shape index (κ1) is 18.8. The third-order valence-electron chi connectivity index (χ3n) is 5.35. The molecular weight excluding hydrogens is 330 g/mol. The van der Waals surface area contributed by atoms with Crippen LogP contribution < -0.4 is 20.1 Å². The summed E-state index contributed by atoms with van der Waals surface area (Å²) in [5.74, 6) is 2.59. The van der Waals surface area contributed by atoms with Crippen molar-refractivity contribution in [2.75, 3.05) is 47.1 Å². The Morgan fingerprint density at radius 1 is 1.15 bits per heavy atom. The Bertz CT molecular complexity index is 612. The van der Waals surface area contributed by atoms with E-state index in [0.717, 1.165) is 43.6 Å². The third-order valence-corrected chi connectivity index (χ3v) is 5.35. The summed E-state index contributed by atoms with van der Waals surface area (Å²) in [6.07, 6.45) is 5.84. The number of hydrogen-bond donors (Lipinski definition) is 2. The van der Waals surface area contributed by atoms with E-state index in [-0.39, 0.29) is 5.41 Å². The number of methoxy groups -OCH3 is 1. The second kappa shape index (κ2) is 9.12. The molecule has 1 heterocycles. The lowest BCUT2D eigenvalue weighted by Crippen LogP contribution is -2.45. The number of hydrogen-bond acceptors (Lipinski definition) is 4. The van der Waals surface area contributed by atoms with Crippen LogP contribution in [-0.2, 0) is 10.2 Å². The van der Waals surface area contributed by atoms with E-state index in [1.54, 1.807) is 7.11 Å². The highest BCUT2D eigenvalue weighted by atomic mass is 16.6. The smallest absolute Gasteiger partial charge is 0.191 e. The Morgan fingerprint density at radius 3 is 2.65 bits per heavy atom. The Balaban J connectivity index is 1.66. The second-order valence-corrected chi connectivity index (χ2v) is 7.04. The number of ether oxygens (including phenoxy) is 3. The van der Waals surface area contributed by atoms with Crippen molar-refractivity contribution in [2.45, 2.75) is 37.5 Å². The van der Waals surface area contributed by atoms with Crippen LogP contribution in [0.2, 0.25) is 0 Å². The second-order valence-electron chi connectivity index (χ2n) is 7.04. The molecule has 1 saturated carbocycles. The highest BCUT2D eigenvalue weighted by Crippen LogP contribution is 2.43. The van der Waals surface area contributed by atoms with E-state index < -0.39 is 0 Å². The van der Waals surface area contributed by atoms with Crippen molar-refractivity contribution < 1.29 is 14.2 Å². The molecule has 2 N–H and O–H groups in total. The number of nitrogens with one attached hydrogen (secondary N) is 2. The molecule has 144 valence electrons. The van der Waals surface area contributed by atoms with Gasteiger partial charge in [-0.2, -0.15) is 0 Å². The van der Waals surface area contributed by atoms with Gasteiger partial charge in [-0.15, -0.1) is 0 Å². The van der Waals surface area contributed by atoms with Crippen LogP contribution in [0.25, 0.3) is 0 Å². The Labute approximate surface area is 156 Å². The minimum absolute atomic E-state index is 0.125. The van der Waals surface area contributed by atoms with Gasteiger partial charge < -0.3 is 24.8 Å². The van der Waals surface area contributed by atoms with Crippen molar-refractivity contribution in [1.29, 1.82) is 0 Å². The molecule has 3 rings (SSSR count). The highest BCUT2D eigenvalue weighted by Gasteiger charge is 2.36. The van der Waals surface area contributed by atoms with E-state index in [4.69, 9.17) is 14.2 Å². The summed E-state index contributed by atoms with van der Waals surface area (Å²) in [6, 6.07) is 6.44. The number of guanidine groups is 1. The fourth-order valence-electron chi connectivity index (χ4n) is 3.89. The van der Waals surface area contributed by atoms with Gasteiger partial charge in [0.05, 0.1) is 0 Å². The van der Waals surface area contributed by atoms with Crippen LogP contribution in [0.3, 0.4) is 0 Å². The number of benzene rings is 1. The largest absolute Gasteiger partial charge is 0.486 e. The molecule has 0 bridgehead atoms. The van der Waals surface area contributed by atoms with Crippen molar-refractivity contribution in [2.24, 2.45) is 4.99 Å². The molecule has 0 saturated heterocycles. The molecule has 0 spiro atoms. The highest BCUT2D eigenvalue weighted by molar-refractivity contribution is 5.79. The van der Waals surface area contributed by atoms with E-state index in [1.807, 2.05) is 7.05 Å². The van der Waals surface area contributed by atoms with Crippen molar-refractivity contribution >= 4 is 5.96 Å². The molecule has 6 heteroatoms. The minimum Gasteiger partial charge on any atom is -0.486 e. The molecule has 1 aromatic carbocycles. The first-order valence-corrected chi connectivity index (χ1v) is 9.61. The molecule has 1 aromatic rings. The summed E-state index contributed by atoms with van der Waals surface area (Å²) >= 11 is 0. The zero-order chi connectivity index (χ0) is 18.2. The predicted octanol–water partition coefficient (Wildman–Crippen LogP) is 2.47. The van der Waals surface area contributed by atoms with Crippen molar-refractivity contribution in [3.05, 3.63) is 23.8 Å². The summed E-state index contributed by atoms with van der Waals surface area (Å²) in [5.41, 5.74) is 1.46. The first-order chi connectivity index (χ1) is 12.8.